The summed E-state index contributed by atoms with van der Waals surface area (Å²) >= 11 is 5.84. The largest absolute Gasteiger partial charge is 0.480 e. The summed E-state index contributed by atoms with van der Waals surface area (Å²) in [6, 6.07) is 5.72. The minimum atomic E-state index is -1.04. The van der Waals surface area contributed by atoms with Crippen molar-refractivity contribution in [1.29, 1.82) is 0 Å². The molecule has 0 bridgehead atoms. The topological polar surface area (TPSA) is 69.6 Å². The summed E-state index contributed by atoms with van der Waals surface area (Å²) in [6.45, 7) is 0.365. The van der Waals surface area contributed by atoms with E-state index in [4.69, 9.17) is 16.7 Å². The van der Waals surface area contributed by atoms with Crippen LogP contribution >= 0.6 is 11.6 Å². The normalized spacial score (nSPS) is 20.4. The predicted octanol–water partition coefficient (Wildman–Crippen LogP) is 0.729. The first kappa shape index (κ1) is 11.9. The molecule has 2 rings (SSSR count). The van der Waals surface area contributed by atoms with Gasteiger partial charge in [-0.25, -0.2) is 4.79 Å². The van der Waals surface area contributed by atoms with Crippen molar-refractivity contribution in [2.75, 3.05) is 18.0 Å². The molecular formula is C11H11ClN2O3. The first-order chi connectivity index (χ1) is 8.09. The number of rotatable bonds is 2. The predicted molar refractivity (Wildman–Crippen MR) is 63.2 cm³/mol. The Labute approximate surface area is 103 Å². The van der Waals surface area contributed by atoms with Crippen LogP contribution < -0.4 is 10.2 Å². The van der Waals surface area contributed by atoms with Gasteiger partial charge in [-0.05, 0) is 18.2 Å². The number of amides is 1. The fraction of sp³-hybridized carbons (Fsp3) is 0.273. The van der Waals surface area contributed by atoms with Crippen LogP contribution in [0, 0.1) is 0 Å². The van der Waals surface area contributed by atoms with Gasteiger partial charge in [0.2, 0.25) is 5.91 Å². The second-order valence-electron chi connectivity index (χ2n) is 3.73. The van der Waals surface area contributed by atoms with Crippen LogP contribution in [-0.4, -0.2) is 36.1 Å². The Kier molecular flexibility index (Phi) is 3.31. The van der Waals surface area contributed by atoms with Crippen LogP contribution in [0.1, 0.15) is 0 Å². The van der Waals surface area contributed by atoms with Gasteiger partial charge in [0.15, 0.2) is 0 Å². The van der Waals surface area contributed by atoms with Crippen molar-refractivity contribution in [2.45, 2.75) is 6.04 Å². The number of carboxylic acid groups (broad SMARTS) is 1. The molecule has 0 aliphatic carbocycles. The number of nitrogens with zero attached hydrogens (tertiary/aromatic N) is 1. The highest BCUT2D eigenvalue weighted by molar-refractivity contribution is 6.31. The second kappa shape index (κ2) is 4.73. The number of carbonyl (C=O) groups excluding carboxylic acids is 1. The summed E-state index contributed by atoms with van der Waals surface area (Å²) < 4.78 is 0. The average Bonchev–Trinajstić information content (AvgIpc) is 2.28. The van der Waals surface area contributed by atoms with Crippen molar-refractivity contribution in [3.8, 4) is 0 Å². The Hall–Kier alpha value is -1.59. The molecule has 1 unspecified atom stereocenters. The zero-order chi connectivity index (χ0) is 12.4. The molecule has 5 nitrogen and oxygen atoms in total. The third kappa shape index (κ3) is 2.40. The molecule has 1 atom stereocenters. The van der Waals surface area contributed by atoms with Gasteiger partial charge in [0.25, 0.3) is 0 Å². The Morgan fingerprint density at radius 3 is 2.94 bits per heavy atom. The average molecular weight is 255 g/mol. The van der Waals surface area contributed by atoms with Crippen molar-refractivity contribution in [1.82, 2.24) is 5.32 Å². The molecule has 1 aliphatic heterocycles. The standard InChI is InChI=1S/C11H11ClN2O3/c12-7-2-1-3-8(4-7)14-9(11(16)17)5-13-6-10(14)15/h1-4,9,13H,5-6H2,(H,16,17). The van der Waals surface area contributed by atoms with Gasteiger partial charge in [-0.2, -0.15) is 0 Å². The van der Waals surface area contributed by atoms with E-state index in [1.807, 2.05) is 0 Å². The fourth-order valence-corrected chi connectivity index (χ4v) is 2.00. The Morgan fingerprint density at radius 2 is 2.29 bits per heavy atom. The lowest BCUT2D eigenvalue weighted by molar-refractivity contribution is -0.140. The van der Waals surface area contributed by atoms with Gasteiger partial charge in [0.1, 0.15) is 6.04 Å². The molecule has 6 heteroatoms. The maximum Gasteiger partial charge on any atom is 0.328 e. The van der Waals surface area contributed by atoms with Gasteiger partial charge in [-0.3, -0.25) is 9.69 Å². The quantitative estimate of drug-likeness (QED) is 0.816. The number of halogens is 1. The lowest BCUT2D eigenvalue weighted by atomic mass is 10.1. The van der Waals surface area contributed by atoms with Crippen LogP contribution in [0.3, 0.4) is 0 Å². The molecule has 0 saturated carbocycles. The molecule has 1 fully saturated rings. The Morgan fingerprint density at radius 1 is 1.53 bits per heavy atom. The molecule has 1 aliphatic rings. The van der Waals surface area contributed by atoms with E-state index in [1.165, 1.54) is 4.90 Å². The van der Waals surface area contributed by atoms with E-state index in [-0.39, 0.29) is 19.0 Å². The van der Waals surface area contributed by atoms with Gasteiger partial charge in [-0.1, -0.05) is 17.7 Å². The van der Waals surface area contributed by atoms with Crippen LogP contribution in [0.4, 0.5) is 5.69 Å². The van der Waals surface area contributed by atoms with Crippen molar-refractivity contribution in [2.24, 2.45) is 0 Å². The van der Waals surface area contributed by atoms with Crippen LogP contribution in [0.15, 0.2) is 24.3 Å². The monoisotopic (exact) mass is 254 g/mol. The Balaban J connectivity index is 2.38. The minimum Gasteiger partial charge on any atom is -0.480 e. The number of hydrogen-bond donors (Lipinski definition) is 2. The zero-order valence-corrected chi connectivity index (χ0v) is 9.65. The van der Waals surface area contributed by atoms with E-state index < -0.39 is 12.0 Å². The number of piperazine rings is 1. The van der Waals surface area contributed by atoms with E-state index in [9.17, 15) is 9.59 Å². The Bertz CT molecular complexity index is 464. The number of aliphatic carboxylic acids is 1. The van der Waals surface area contributed by atoms with Crippen molar-refractivity contribution in [3.63, 3.8) is 0 Å². The summed E-state index contributed by atoms with van der Waals surface area (Å²) in [5.74, 6) is -1.31. The van der Waals surface area contributed by atoms with Gasteiger partial charge in [-0.15, -0.1) is 0 Å². The smallest absolute Gasteiger partial charge is 0.328 e. The maximum absolute atomic E-state index is 11.8. The number of hydrogen-bond acceptors (Lipinski definition) is 3. The second-order valence-corrected chi connectivity index (χ2v) is 4.16. The van der Waals surface area contributed by atoms with Crippen LogP contribution in [0.2, 0.25) is 5.02 Å². The molecule has 17 heavy (non-hydrogen) atoms. The molecule has 90 valence electrons. The first-order valence-electron chi connectivity index (χ1n) is 5.11. The third-order valence-electron chi connectivity index (χ3n) is 2.57. The van der Waals surface area contributed by atoms with Crippen molar-refractivity contribution in [3.05, 3.63) is 29.3 Å². The SMILES string of the molecule is O=C(O)C1CNCC(=O)N1c1cccc(Cl)c1. The van der Waals surface area contributed by atoms with Gasteiger partial charge >= 0.3 is 5.97 Å². The molecule has 1 aromatic rings. The first-order valence-corrected chi connectivity index (χ1v) is 5.48. The molecule has 1 aromatic carbocycles. The van der Waals surface area contributed by atoms with Gasteiger partial charge in [0.05, 0.1) is 6.54 Å². The van der Waals surface area contributed by atoms with Crippen LogP contribution in [-0.2, 0) is 9.59 Å². The molecule has 2 N–H and O–H groups in total. The minimum absolute atomic E-state index is 0.135. The van der Waals surface area contributed by atoms with Crippen LogP contribution in [0.25, 0.3) is 0 Å². The summed E-state index contributed by atoms with van der Waals surface area (Å²) in [6.07, 6.45) is 0. The number of carboxylic acids is 1. The van der Waals surface area contributed by atoms with E-state index in [0.29, 0.717) is 10.7 Å². The number of benzene rings is 1. The summed E-state index contributed by atoms with van der Waals surface area (Å²) in [4.78, 5) is 24.1. The lowest BCUT2D eigenvalue weighted by Crippen LogP contribution is -2.58. The fourth-order valence-electron chi connectivity index (χ4n) is 1.81. The zero-order valence-electron chi connectivity index (χ0n) is 8.89. The highest BCUT2D eigenvalue weighted by atomic mass is 35.5. The van der Waals surface area contributed by atoms with E-state index in [1.54, 1.807) is 24.3 Å². The highest BCUT2D eigenvalue weighted by Crippen LogP contribution is 2.22. The molecule has 0 aromatic heterocycles. The molecule has 1 heterocycles. The molecule has 1 saturated heterocycles. The molecular weight excluding hydrogens is 244 g/mol. The van der Waals surface area contributed by atoms with E-state index in [0.717, 1.165) is 0 Å². The van der Waals surface area contributed by atoms with Gasteiger partial charge in [0, 0.05) is 17.3 Å². The molecule has 0 radical (unpaired) electrons. The molecule has 0 spiro atoms. The van der Waals surface area contributed by atoms with E-state index >= 15 is 0 Å². The maximum atomic E-state index is 11.8. The molecule has 1 amide bonds. The van der Waals surface area contributed by atoms with E-state index in [2.05, 4.69) is 5.32 Å². The summed E-state index contributed by atoms with van der Waals surface area (Å²) in [5, 5.41) is 12.3. The summed E-state index contributed by atoms with van der Waals surface area (Å²) in [7, 11) is 0. The van der Waals surface area contributed by atoms with Crippen molar-refractivity contribution < 1.29 is 14.7 Å². The highest BCUT2D eigenvalue weighted by Gasteiger charge is 2.34. The number of nitrogens with one attached hydrogen (secondary N) is 1. The number of carbonyl (C=O) groups is 2. The van der Waals surface area contributed by atoms with Crippen molar-refractivity contribution >= 4 is 29.2 Å². The number of anilines is 1. The third-order valence-corrected chi connectivity index (χ3v) is 2.80. The summed E-state index contributed by atoms with van der Waals surface area (Å²) in [5.41, 5.74) is 0.511. The van der Waals surface area contributed by atoms with Crippen LogP contribution in [0.5, 0.6) is 0 Å². The van der Waals surface area contributed by atoms with Gasteiger partial charge < -0.3 is 10.4 Å². The lowest BCUT2D eigenvalue weighted by Gasteiger charge is -2.33.